The maximum Gasteiger partial charge on any atom is 0.256 e. The molecule has 0 fully saturated rings. The van der Waals surface area contributed by atoms with E-state index < -0.39 is 0 Å². The summed E-state index contributed by atoms with van der Waals surface area (Å²) in [6.07, 6.45) is 0.891. The van der Waals surface area contributed by atoms with Gasteiger partial charge in [0.15, 0.2) is 0 Å². The van der Waals surface area contributed by atoms with Gasteiger partial charge in [0.1, 0.15) is 11.5 Å². The molecule has 1 aromatic heterocycles. The molecule has 0 unspecified atom stereocenters. The summed E-state index contributed by atoms with van der Waals surface area (Å²) < 4.78 is 11.1. The van der Waals surface area contributed by atoms with Gasteiger partial charge in [0.25, 0.3) is 5.22 Å². The fraction of sp³-hybridized carbons (Fsp3) is 0.333. The maximum absolute atomic E-state index is 8.80. The van der Waals surface area contributed by atoms with Gasteiger partial charge in [0.2, 0.25) is 0 Å². The van der Waals surface area contributed by atoms with E-state index in [1.54, 1.807) is 23.9 Å². The first-order chi connectivity index (χ1) is 9.69. The third-order valence-corrected chi connectivity index (χ3v) is 3.67. The van der Waals surface area contributed by atoms with Crippen LogP contribution in [0.5, 0.6) is 5.75 Å². The number of thioether (sulfide) groups is 1. The van der Waals surface area contributed by atoms with Crippen LogP contribution in [0.4, 0.5) is 0 Å². The van der Waals surface area contributed by atoms with Crippen molar-refractivity contribution in [2.75, 3.05) is 12.4 Å². The van der Waals surface area contributed by atoms with Crippen LogP contribution in [0.1, 0.15) is 23.4 Å². The van der Waals surface area contributed by atoms with Gasteiger partial charge < -0.3 is 9.15 Å². The van der Waals surface area contributed by atoms with E-state index in [1.165, 1.54) is 0 Å². The highest BCUT2D eigenvalue weighted by molar-refractivity contribution is 7.99. The number of nitrogens with zero attached hydrogens (tertiary/aromatic N) is 2. The molecule has 0 spiro atoms. The van der Waals surface area contributed by atoms with E-state index in [0.717, 1.165) is 29.4 Å². The average Bonchev–Trinajstić information content (AvgIpc) is 2.77. The van der Waals surface area contributed by atoms with E-state index in [2.05, 4.69) is 11.1 Å². The topological polar surface area (TPSA) is 59.0 Å². The fourth-order valence-corrected chi connectivity index (χ4v) is 2.39. The number of ether oxygens (including phenoxy) is 1. The van der Waals surface area contributed by atoms with Crippen LogP contribution in [0.3, 0.4) is 0 Å². The second kappa shape index (κ2) is 7.01. The highest BCUT2D eigenvalue weighted by Gasteiger charge is 2.05. The molecule has 0 aliphatic carbocycles. The monoisotopic (exact) mass is 288 g/mol. The van der Waals surface area contributed by atoms with Gasteiger partial charge in [-0.25, -0.2) is 4.98 Å². The van der Waals surface area contributed by atoms with E-state index in [4.69, 9.17) is 14.4 Å². The van der Waals surface area contributed by atoms with Gasteiger partial charge in [-0.3, -0.25) is 0 Å². The largest absolute Gasteiger partial charge is 0.494 e. The Bertz CT molecular complexity index is 597. The molecule has 104 valence electrons. The van der Waals surface area contributed by atoms with Gasteiger partial charge >= 0.3 is 0 Å². The highest BCUT2D eigenvalue weighted by atomic mass is 32.2. The molecule has 0 aliphatic rings. The molecular weight excluding hydrogens is 272 g/mol. The van der Waals surface area contributed by atoms with Gasteiger partial charge in [0.05, 0.1) is 23.9 Å². The summed E-state index contributed by atoms with van der Waals surface area (Å²) in [7, 11) is 0. The Morgan fingerprint density at radius 1 is 1.40 bits per heavy atom. The predicted molar refractivity (Wildman–Crippen MR) is 78.0 cm³/mol. The van der Waals surface area contributed by atoms with Gasteiger partial charge in [-0.15, -0.1) is 0 Å². The van der Waals surface area contributed by atoms with Crippen molar-refractivity contribution in [2.24, 2.45) is 0 Å². The normalized spacial score (nSPS) is 10.2. The zero-order valence-electron chi connectivity index (χ0n) is 11.5. The first-order valence-corrected chi connectivity index (χ1v) is 7.37. The van der Waals surface area contributed by atoms with Crippen LogP contribution >= 0.6 is 11.8 Å². The van der Waals surface area contributed by atoms with Crippen molar-refractivity contribution in [1.82, 2.24) is 4.98 Å². The fourth-order valence-electron chi connectivity index (χ4n) is 1.57. The Hall–Kier alpha value is -1.93. The van der Waals surface area contributed by atoms with Crippen LogP contribution in [0.2, 0.25) is 0 Å². The van der Waals surface area contributed by atoms with Crippen molar-refractivity contribution >= 4 is 11.8 Å². The lowest BCUT2D eigenvalue weighted by molar-refractivity contribution is 0.318. The number of nitriles is 1. The SMILES string of the molecule is Cc1nc(SCCCOc2cccc(C#N)c2)oc1C. The maximum atomic E-state index is 8.80. The molecule has 2 rings (SSSR count). The van der Waals surface area contributed by atoms with E-state index in [-0.39, 0.29) is 0 Å². The summed E-state index contributed by atoms with van der Waals surface area (Å²) >= 11 is 1.59. The van der Waals surface area contributed by atoms with Crippen LogP contribution in [-0.2, 0) is 0 Å². The Morgan fingerprint density at radius 3 is 2.95 bits per heavy atom. The molecule has 0 amide bonds. The van der Waals surface area contributed by atoms with Crippen molar-refractivity contribution < 1.29 is 9.15 Å². The molecule has 4 nitrogen and oxygen atoms in total. The number of aromatic nitrogens is 1. The third kappa shape index (κ3) is 4.04. The molecule has 0 saturated heterocycles. The molecule has 2 aromatic rings. The second-order valence-electron chi connectivity index (χ2n) is 4.31. The first kappa shape index (κ1) is 14.5. The molecule has 1 aromatic carbocycles. The summed E-state index contributed by atoms with van der Waals surface area (Å²) in [6, 6.07) is 9.27. The number of aryl methyl sites for hydroxylation is 2. The minimum Gasteiger partial charge on any atom is -0.494 e. The molecule has 0 atom stereocenters. The van der Waals surface area contributed by atoms with E-state index in [1.807, 2.05) is 26.0 Å². The van der Waals surface area contributed by atoms with E-state index in [9.17, 15) is 0 Å². The minimum atomic E-state index is 0.612. The van der Waals surface area contributed by atoms with Gasteiger partial charge in [-0.05, 0) is 38.5 Å². The number of hydrogen-bond donors (Lipinski definition) is 0. The lowest BCUT2D eigenvalue weighted by Gasteiger charge is -2.05. The zero-order valence-corrected chi connectivity index (χ0v) is 12.4. The zero-order chi connectivity index (χ0) is 14.4. The lowest BCUT2D eigenvalue weighted by atomic mass is 10.2. The van der Waals surface area contributed by atoms with Crippen LogP contribution in [-0.4, -0.2) is 17.3 Å². The highest BCUT2D eigenvalue weighted by Crippen LogP contribution is 2.21. The summed E-state index contributed by atoms with van der Waals surface area (Å²) in [6.45, 7) is 4.46. The summed E-state index contributed by atoms with van der Waals surface area (Å²) in [4.78, 5) is 4.31. The lowest BCUT2D eigenvalue weighted by Crippen LogP contribution is -1.98. The Kier molecular flexibility index (Phi) is 5.08. The summed E-state index contributed by atoms with van der Waals surface area (Å²) in [5.41, 5.74) is 1.56. The number of benzene rings is 1. The molecule has 5 heteroatoms. The Labute approximate surface area is 122 Å². The van der Waals surface area contributed by atoms with Crippen molar-refractivity contribution in [3.63, 3.8) is 0 Å². The van der Waals surface area contributed by atoms with Crippen LogP contribution in [0.15, 0.2) is 33.9 Å². The molecule has 0 radical (unpaired) electrons. The van der Waals surface area contributed by atoms with E-state index >= 15 is 0 Å². The number of hydrogen-bond acceptors (Lipinski definition) is 5. The molecule has 0 N–H and O–H groups in total. The summed E-state index contributed by atoms with van der Waals surface area (Å²) in [5.74, 6) is 2.49. The average molecular weight is 288 g/mol. The van der Waals surface area contributed by atoms with Gasteiger partial charge in [-0.1, -0.05) is 17.8 Å². The number of rotatable bonds is 6. The molecule has 0 aliphatic heterocycles. The van der Waals surface area contributed by atoms with Crippen LogP contribution in [0.25, 0.3) is 0 Å². The second-order valence-corrected chi connectivity index (χ2v) is 5.36. The molecule has 0 bridgehead atoms. The van der Waals surface area contributed by atoms with Crippen molar-refractivity contribution in [1.29, 1.82) is 5.26 Å². The van der Waals surface area contributed by atoms with Crippen molar-refractivity contribution in [2.45, 2.75) is 25.5 Å². The molecular formula is C15H16N2O2S. The minimum absolute atomic E-state index is 0.612. The van der Waals surface area contributed by atoms with Gasteiger partial charge in [0, 0.05) is 5.75 Å². The van der Waals surface area contributed by atoms with Crippen LogP contribution in [0, 0.1) is 25.2 Å². The Morgan fingerprint density at radius 2 is 2.25 bits per heavy atom. The predicted octanol–water partition coefficient (Wildman–Crippen LogP) is 3.72. The molecule has 0 saturated carbocycles. The van der Waals surface area contributed by atoms with E-state index in [0.29, 0.717) is 17.4 Å². The molecule has 1 heterocycles. The quantitative estimate of drug-likeness (QED) is 0.599. The van der Waals surface area contributed by atoms with Crippen molar-refractivity contribution in [3.05, 3.63) is 41.3 Å². The third-order valence-electron chi connectivity index (χ3n) is 2.75. The smallest absolute Gasteiger partial charge is 0.256 e. The first-order valence-electron chi connectivity index (χ1n) is 6.39. The summed E-state index contributed by atoms with van der Waals surface area (Å²) in [5, 5.41) is 9.51. The van der Waals surface area contributed by atoms with Crippen molar-refractivity contribution in [3.8, 4) is 11.8 Å². The Balaban J connectivity index is 1.70. The molecule has 20 heavy (non-hydrogen) atoms. The van der Waals surface area contributed by atoms with Crippen LogP contribution < -0.4 is 4.74 Å². The van der Waals surface area contributed by atoms with Gasteiger partial charge in [-0.2, -0.15) is 5.26 Å². The standard InChI is InChI=1S/C15H16N2O2S/c1-11-12(2)19-15(17-11)20-8-4-7-18-14-6-3-5-13(9-14)10-16/h3,5-6,9H,4,7-8H2,1-2H3. The number of oxazole rings is 1.